The van der Waals surface area contributed by atoms with Crippen molar-refractivity contribution >= 4 is 35.5 Å². The number of nitrogens with zero attached hydrogens (tertiary/aromatic N) is 1. The van der Waals surface area contributed by atoms with Gasteiger partial charge in [-0.25, -0.2) is 9.78 Å². The Bertz CT molecular complexity index is 937. The van der Waals surface area contributed by atoms with Crippen molar-refractivity contribution in [1.29, 1.82) is 0 Å². The summed E-state index contributed by atoms with van der Waals surface area (Å²) in [6.07, 6.45) is 2.05. The quantitative estimate of drug-likeness (QED) is 0.112. The minimum atomic E-state index is -1.46. The van der Waals surface area contributed by atoms with Crippen LogP contribution in [0.25, 0.3) is 0 Å². The number of aliphatic carboxylic acids is 1. The summed E-state index contributed by atoms with van der Waals surface area (Å²) in [7, 11) is 0. The summed E-state index contributed by atoms with van der Waals surface area (Å²) in [4.78, 5) is 79.1. The molecule has 1 aromatic rings. The molecule has 0 aromatic carbocycles. The van der Waals surface area contributed by atoms with Crippen LogP contribution >= 0.6 is 0 Å². The molecule has 15 nitrogen and oxygen atoms in total. The molecule has 5 unspecified atom stereocenters. The van der Waals surface area contributed by atoms with E-state index in [-0.39, 0.29) is 25.2 Å². The molecule has 200 valence electrons. The zero-order valence-electron chi connectivity index (χ0n) is 20.2. The zero-order valence-corrected chi connectivity index (χ0v) is 20.2. The van der Waals surface area contributed by atoms with Gasteiger partial charge in [-0.3, -0.25) is 24.0 Å². The van der Waals surface area contributed by atoms with Gasteiger partial charge < -0.3 is 43.2 Å². The highest BCUT2D eigenvalue weighted by molar-refractivity contribution is 5.96. The molecule has 0 saturated heterocycles. The molecule has 0 aliphatic heterocycles. The van der Waals surface area contributed by atoms with Crippen LogP contribution < -0.4 is 33.2 Å². The van der Waals surface area contributed by atoms with Crippen LogP contribution in [0.2, 0.25) is 0 Å². The molecule has 11 N–H and O–H groups in total. The second kappa shape index (κ2) is 14.4. The van der Waals surface area contributed by atoms with Gasteiger partial charge >= 0.3 is 5.97 Å². The predicted molar refractivity (Wildman–Crippen MR) is 125 cm³/mol. The molecule has 0 radical (unpaired) electrons. The largest absolute Gasteiger partial charge is 0.480 e. The van der Waals surface area contributed by atoms with Crippen LogP contribution in [0, 0.1) is 5.92 Å². The SMILES string of the molecule is CCC(C)C(N)C(=O)NC(CC(N)=O)C(=O)NC(Cc1cnc[nH]1)C(=O)NC(CCC(N)=O)C(=O)O. The standard InChI is InChI=1S/C21H34N8O7/c1-3-10(2)17(24)20(34)29-14(7-16(23)31)19(33)28-13(6-11-8-25-9-26-11)18(32)27-12(21(35)36)4-5-15(22)30/h8-10,12-14,17H,3-7,24H2,1-2H3,(H2,22,30)(H2,23,31)(H,25,26)(H,27,32)(H,28,33)(H,29,34)(H,35,36). The van der Waals surface area contributed by atoms with Crippen molar-refractivity contribution in [2.45, 2.75) is 70.1 Å². The van der Waals surface area contributed by atoms with Crippen LogP contribution in [0.15, 0.2) is 12.5 Å². The lowest BCUT2D eigenvalue weighted by Crippen LogP contribution is -2.58. The van der Waals surface area contributed by atoms with Crippen molar-refractivity contribution in [3.8, 4) is 0 Å². The first-order valence-electron chi connectivity index (χ1n) is 11.3. The smallest absolute Gasteiger partial charge is 0.326 e. The molecule has 1 heterocycles. The molecule has 1 rings (SSSR count). The number of carbonyl (C=O) groups is 6. The van der Waals surface area contributed by atoms with Crippen molar-refractivity contribution < 1.29 is 33.9 Å². The van der Waals surface area contributed by atoms with Gasteiger partial charge in [-0.2, -0.15) is 0 Å². The molecule has 0 aliphatic rings. The van der Waals surface area contributed by atoms with E-state index in [1.165, 1.54) is 12.5 Å². The summed E-state index contributed by atoms with van der Waals surface area (Å²) < 4.78 is 0. The van der Waals surface area contributed by atoms with E-state index in [0.717, 1.165) is 0 Å². The lowest BCUT2D eigenvalue weighted by Gasteiger charge is -2.25. The molecule has 0 aliphatic carbocycles. The van der Waals surface area contributed by atoms with Gasteiger partial charge in [-0.15, -0.1) is 0 Å². The molecule has 0 saturated carbocycles. The molecular weight excluding hydrogens is 476 g/mol. The van der Waals surface area contributed by atoms with Crippen molar-refractivity contribution in [2.75, 3.05) is 0 Å². The van der Waals surface area contributed by atoms with E-state index < -0.39 is 66.1 Å². The molecule has 5 amide bonds. The van der Waals surface area contributed by atoms with Gasteiger partial charge in [0.05, 0.1) is 18.8 Å². The fourth-order valence-electron chi connectivity index (χ4n) is 3.10. The van der Waals surface area contributed by atoms with Crippen molar-refractivity contribution in [3.05, 3.63) is 18.2 Å². The van der Waals surface area contributed by atoms with Crippen LogP contribution in [0.5, 0.6) is 0 Å². The number of imidazole rings is 1. The summed E-state index contributed by atoms with van der Waals surface area (Å²) in [5.41, 5.74) is 16.6. The first kappa shape index (κ1) is 30.0. The first-order valence-corrected chi connectivity index (χ1v) is 11.3. The number of amides is 5. The van der Waals surface area contributed by atoms with Crippen molar-refractivity contribution in [1.82, 2.24) is 25.9 Å². The van der Waals surface area contributed by atoms with E-state index >= 15 is 0 Å². The fourth-order valence-corrected chi connectivity index (χ4v) is 3.10. The van der Waals surface area contributed by atoms with E-state index in [4.69, 9.17) is 17.2 Å². The summed E-state index contributed by atoms with van der Waals surface area (Å²) in [6.45, 7) is 3.58. The van der Waals surface area contributed by atoms with Crippen LogP contribution in [-0.4, -0.2) is 74.7 Å². The van der Waals surface area contributed by atoms with Gasteiger partial charge in [-0.05, 0) is 12.3 Å². The summed E-state index contributed by atoms with van der Waals surface area (Å²) >= 11 is 0. The third-order valence-electron chi connectivity index (χ3n) is 5.50. The number of rotatable bonds is 16. The molecule has 36 heavy (non-hydrogen) atoms. The Morgan fingerprint density at radius 1 is 0.972 bits per heavy atom. The highest BCUT2D eigenvalue weighted by Gasteiger charge is 2.32. The Balaban J connectivity index is 3.09. The Kier molecular flexibility index (Phi) is 12.0. The Morgan fingerprint density at radius 3 is 2.06 bits per heavy atom. The monoisotopic (exact) mass is 510 g/mol. The molecule has 0 bridgehead atoms. The lowest BCUT2D eigenvalue weighted by atomic mass is 9.99. The number of hydrogen-bond donors (Lipinski definition) is 8. The average molecular weight is 511 g/mol. The number of carboxylic acid groups (broad SMARTS) is 1. The highest BCUT2D eigenvalue weighted by atomic mass is 16.4. The zero-order chi connectivity index (χ0) is 27.4. The van der Waals surface area contributed by atoms with Gasteiger partial charge in [0, 0.05) is 24.7 Å². The number of H-pyrrole nitrogens is 1. The van der Waals surface area contributed by atoms with Crippen LogP contribution in [0.4, 0.5) is 0 Å². The number of hydrogen-bond acceptors (Lipinski definition) is 8. The number of carboxylic acids is 1. The van der Waals surface area contributed by atoms with E-state index in [9.17, 15) is 33.9 Å². The predicted octanol–water partition coefficient (Wildman–Crippen LogP) is -2.99. The number of nitrogens with two attached hydrogens (primary N) is 3. The number of carbonyl (C=O) groups excluding carboxylic acids is 5. The summed E-state index contributed by atoms with van der Waals surface area (Å²) in [5, 5.41) is 16.4. The van der Waals surface area contributed by atoms with Gasteiger partial charge in [0.25, 0.3) is 0 Å². The van der Waals surface area contributed by atoms with Gasteiger partial charge in [0.1, 0.15) is 18.1 Å². The maximum atomic E-state index is 13.0. The minimum Gasteiger partial charge on any atom is -0.480 e. The van der Waals surface area contributed by atoms with E-state index in [0.29, 0.717) is 12.1 Å². The van der Waals surface area contributed by atoms with Crippen LogP contribution in [0.1, 0.15) is 45.2 Å². The minimum absolute atomic E-state index is 0.136. The molecule has 1 aromatic heterocycles. The summed E-state index contributed by atoms with van der Waals surface area (Å²) in [5.74, 6) is -5.75. The maximum absolute atomic E-state index is 13.0. The second-order valence-corrected chi connectivity index (χ2v) is 8.39. The number of primary amides is 2. The maximum Gasteiger partial charge on any atom is 0.326 e. The van der Waals surface area contributed by atoms with Gasteiger partial charge in [0.2, 0.25) is 29.5 Å². The van der Waals surface area contributed by atoms with Gasteiger partial charge in [-0.1, -0.05) is 20.3 Å². The van der Waals surface area contributed by atoms with Crippen molar-refractivity contribution in [2.24, 2.45) is 23.1 Å². The van der Waals surface area contributed by atoms with Crippen molar-refractivity contribution in [3.63, 3.8) is 0 Å². The number of nitrogens with one attached hydrogen (secondary N) is 4. The van der Waals surface area contributed by atoms with Crippen LogP contribution in [0.3, 0.4) is 0 Å². The topological polar surface area (TPSA) is 265 Å². The van der Waals surface area contributed by atoms with E-state index in [2.05, 4.69) is 25.9 Å². The normalized spacial score (nSPS) is 15.0. The van der Waals surface area contributed by atoms with Crippen LogP contribution in [-0.2, 0) is 35.2 Å². The number of aromatic amines is 1. The Labute approximate surface area is 207 Å². The Hall–Kier alpha value is -4.01. The molecule has 15 heteroatoms. The average Bonchev–Trinajstić information content (AvgIpc) is 3.32. The molecule has 0 fully saturated rings. The molecule has 0 spiro atoms. The highest BCUT2D eigenvalue weighted by Crippen LogP contribution is 2.07. The van der Waals surface area contributed by atoms with E-state index in [1.54, 1.807) is 6.92 Å². The fraction of sp³-hybridized carbons (Fsp3) is 0.571. The van der Waals surface area contributed by atoms with Gasteiger partial charge in [0.15, 0.2) is 0 Å². The third-order valence-corrected chi connectivity index (χ3v) is 5.50. The second-order valence-electron chi connectivity index (χ2n) is 8.39. The van der Waals surface area contributed by atoms with E-state index in [1.807, 2.05) is 6.92 Å². The molecular formula is C21H34N8O7. The lowest BCUT2D eigenvalue weighted by molar-refractivity contribution is -0.142. The Morgan fingerprint density at radius 2 is 1.56 bits per heavy atom. The third kappa shape index (κ3) is 10.1. The first-order chi connectivity index (χ1) is 16.8. The number of aromatic nitrogens is 2. The molecule has 5 atom stereocenters. The summed E-state index contributed by atoms with van der Waals surface area (Å²) in [6, 6.07) is -5.19.